The molecule has 180 valence electrons. The normalized spacial score (nSPS) is 14.2. The molecule has 5 rings (SSSR count). The third-order valence-electron chi connectivity index (χ3n) is 6.48. The Morgan fingerprint density at radius 2 is 1.77 bits per heavy atom. The lowest BCUT2D eigenvalue weighted by molar-refractivity contribution is 0.104. The van der Waals surface area contributed by atoms with Gasteiger partial charge in [-0.25, -0.2) is 4.39 Å². The number of methoxy groups -OCH3 is 1. The van der Waals surface area contributed by atoms with Crippen LogP contribution in [0.1, 0.15) is 35.2 Å². The lowest BCUT2D eigenvalue weighted by Crippen LogP contribution is -2.33. The van der Waals surface area contributed by atoms with E-state index in [1.807, 2.05) is 48.5 Å². The van der Waals surface area contributed by atoms with Crippen LogP contribution in [0.5, 0.6) is 11.5 Å². The van der Waals surface area contributed by atoms with E-state index in [-0.39, 0.29) is 11.5 Å². The van der Waals surface area contributed by atoms with Crippen molar-refractivity contribution in [2.24, 2.45) is 0 Å². The first-order valence-corrected chi connectivity index (χ1v) is 12.8. The van der Waals surface area contributed by atoms with Gasteiger partial charge in [0.2, 0.25) is 0 Å². The molecule has 0 aliphatic carbocycles. The molecule has 0 spiro atoms. The molecular weight excluding hydrogens is 461 g/mol. The molecule has 0 amide bonds. The van der Waals surface area contributed by atoms with Gasteiger partial charge in [0, 0.05) is 32.6 Å². The van der Waals surface area contributed by atoms with Crippen LogP contribution in [-0.4, -0.2) is 44.0 Å². The van der Waals surface area contributed by atoms with Crippen LogP contribution >= 0.6 is 11.3 Å². The van der Waals surface area contributed by atoms with Crippen molar-refractivity contribution in [3.8, 4) is 21.9 Å². The highest BCUT2D eigenvalue weighted by Gasteiger charge is 2.22. The van der Waals surface area contributed by atoms with Gasteiger partial charge in [0.15, 0.2) is 17.3 Å². The minimum atomic E-state index is -0.452. The van der Waals surface area contributed by atoms with E-state index in [2.05, 4.69) is 4.90 Å². The molecule has 1 saturated heterocycles. The number of ketones is 1. The molecule has 2 heterocycles. The highest BCUT2D eigenvalue weighted by atomic mass is 32.1. The Labute approximate surface area is 208 Å². The van der Waals surface area contributed by atoms with Gasteiger partial charge in [-0.15, -0.1) is 11.3 Å². The minimum Gasteiger partial charge on any atom is -0.494 e. The van der Waals surface area contributed by atoms with E-state index >= 15 is 0 Å². The second kappa shape index (κ2) is 10.6. The van der Waals surface area contributed by atoms with Gasteiger partial charge < -0.3 is 9.47 Å². The summed E-state index contributed by atoms with van der Waals surface area (Å²) >= 11 is 1.49. The second-order valence-corrected chi connectivity index (χ2v) is 9.81. The van der Waals surface area contributed by atoms with Crippen LogP contribution in [0.25, 0.3) is 20.5 Å². The molecule has 1 aliphatic heterocycles. The number of ether oxygens (including phenoxy) is 2. The third-order valence-corrected chi connectivity index (χ3v) is 7.70. The fourth-order valence-corrected chi connectivity index (χ4v) is 5.80. The van der Waals surface area contributed by atoms with Crippen molar-refractivity contribution in [1.29, 1.82) is 0 Å². The first-order chi connectivity index (χ1) is 17.1. The Morgan fingerprint density at radius 1 is 1.00 bits per heavy atom. The largest absolute Gasteiger partial charge is 0.494 e. The molecule has 0 radical (unpaired) electrons. The molecule has 3 aromatic carbocycles. The van der Waals surface area contributed by atoms with Crippen LogP contribution in [0.15, 0.2) is 66.7 Å². The van der Waals surface area contributed by atoms with Crippen LogP contribution in [0.3, 0.4) is 0 Å². The maximum absolute atomic E-state index is 14.5. The van der Waals surface area contributed by atoms with Crippen molar-refractivity contribution in [3.63, 3.8) is 0 Å². The van der Waals surface area contributed by atoms with E-state index in [1.54, 1.807) is 12.1 Å². The van der Waals surface area contributed by atoms with Gasteiger partial charge in [0.1, 0.15) is 12.4 Å². The van der Waals surface area contributed by atoms with Gasteiger partial charge in [0.05, 0.1) is 7.11 Å². The number of carbonyl (C=O) groups is 1. The Balaban J connectivity index is 1.39. The highest BCUT2D eigenvalue weighted by Crippen LogP contribution is 2.40. The molecule has 0 unspecified atom stereocenters. The summed E-state index contributed by atoms with van der Waals surface area (Å²) in [6.07, 6.45) is 3.85. The summed E-state index contributed by atoms with van der Waals surface area (Å²) in [4.78, 5) is 16.9. The van der Waals surface area contributed by atoms with E-state index in [1.165, 1.54) is 43.8 Å². The van der Waals surface area contributed by atoms with Crippen molar-refractivity contribution in [3.05, 3.63) is 83.7 Å². The average molecular weight is 490 g/mol. The summed E-state index contributed by atoms with van der Waals surface area (Å²) in [5.41, 5.74) is 1.83. The summed E-state index contributed by atoms with van der Waals surface area (Å²) in [5.74, 6) is 0.394. The van der Waals surface area contributed by atoms with Gasteiger partial charge in [-0.1, -0.05) is 24.6 Å². The number of rotatable bonds is 8. The number of halogens is 1. The number of hydrogen-bond donors (Lipinski definition) is 0. The fraction of sp³-hybridized carbons (Fsp3) is 0.276. The standard InChI is InChI=1S/C29H28FNO3S/c1-33-25-14-11-21(19-24(25)30)29-27(23-7-3-4-8-26(23)35-29)28(32)20-9-12-22(13-10-20)34-18-17-31-15-5-2-6-16-31/h3-4,7-14,19H,2,5-6,15-18H2,1H3. The number of piperidine rings is 1. The molecule has 0 bridgehead atoms. The number of carbonyl (C=O) groups excluding carboxylic acids is 1. The van der Waals surface area contributed by atoms with Crippen molar-refractivity contribution in [2.45, 2.75) is 19.3 Å². The van der Waals surface area contributed by atoms with Crippen LogP contribution in [0.2, 0.25) is 0 Å². The van der Waals surface area contributed by atoms with E-state index in [9.17, 15) is 9.18 Å². The van der Waals surface area contributed by atoms with E-state index in [0.717, 1.165) is 40.3 Å². The summed E-state index contributed by atoms with van der Waals surface area (Å²) in [5, 5.41) is 0.871. The van der Waals surface area contributed by atoms with E-state index < -0.39 is 5.82 Å². The maximum Gasteiger partial charge on any atom is 0.195 e. The Bertz CT molecular complexity index is 1330. The first-order valence-electron chi connectivity index (χ1n) is 12.0. The zero-order chi connectivity index (χ0) is 24.2. The summed E-state index contributed by atoms with van der Waals surface area (Å²) in [6.45, 7) is 3.84. The van der Waals surface area contributed by atoms with Crippen LogP contribution < -0.4 is 9.47 Å². The number of fused-ring (bicyclic) bond motifs is 1. The fourth-order valence-electron chi connectivity index (χ4n) is 4.60. The van der Waals surface area contributed by atoms with Crippen LogP contribution in [0.4, 0.5) is 4.39 Å². The summed E-state index contributed by atoms with van der Waals surface area (Å²) in [7, 11) is 1.44. The number of benzene rings is 3. The third kappa shape index (κ3) is 5.09. The Morgan fingerprint density at radius 3 is 2.51 bits per heavy atom. The number of hydrogen-bond acceptors (Lipinski definition) is 5. The smallest absolute Gasteiger partial charge is 0.195 e. The van der Waals surface area contributed by atoms with Crippen LogP contribution in [-0.2, 0) is 0 Å². The molecule has 1 aliphatic rings. The van der Waals surface area contributed by atoms with E-state index in [0.29, 0.717) is 23.3 Å². The van der Waals surface area contributed by atoms with E-state index in [4.69, 9.17) is 9.47 Å². The molecule has 6 heteroatoms. The maximum atomic E-state index is 14.5. The molecule has 1 fully saturated rings. The predicted molar refractivity (Wildman–Crippen MR) is 139 cm³/mol. The first kappa shape index (κ1) is 23.5. The Kier molecular flexibility index (Phi) is 7.11. The Hall–Kier alpha value is -3.22. The van der Waals surface area contributed by atoms with Crippen molar-refractivity contribution in [1.82, 2.24) is 4.90 Å². The molecule has 4 nitrogen and oxygen atoms in total. The number of thiophene rings is 1. The van der Waals surface area contributed by atoms with Gasteiger partial charge in [-0.05, 0) is 80.0 Å². The molecule has 0 saturated carbocycles. The van der Waals surface area contributed by atoms with Crippen LogP contribution in [0, 0.1) is 5.82 Å². The lowest BCUT2D eigenvalue weighted by Gasteiger charge is -2.26. The van der Waals surface area contributed by atoms with Gasteiger partial charge in [-0.2, -0.15) is 0 Å². The van der Waals surface area contributed by atoms with Gasteiger partial charge in [-0.3, -0.25) is 9.69 Å². The number of nitrogens with zero attached hydrogens (tertiary/aromatic N) is 1. The molecule has 0 atom stereocenters. The average Bonchev–Trinajstić information content (AvgIpc) is 3.29. The summed E-state index contributed by atoms with van der Waals surface area (Å²) in [6, 6.07) is 19.9. The summed E-state index contributed by atoms with van der Waals surface area (Å²) < 4.78 is 26.5. The monoisotopic (exact) mass is 489 g/mol. The lowest BCUT2D eigenvalue weighted by atomic mass is 9.97. The quantitative estimate of drug-likeness (QED) is 0.255. The SMILES string of the molecule is COc1ccc(-c2sc3ccccc3c2C(=O)c2ccc(OCCN3CCCCC3)cc2)cc1F. The topological polar surface area (TPSA) is 38.8 Å². The number of likely N-dealkylation sites (tertiary alicyclic amines) is 1. The second-order valence-electron chi connectivity index (χ2n) is 8.76. The zero-order valence-electron chi connectivity index (χ0n) is 19.8. The highest BCUT2D eigenvalue weighted by molar-refractivity contribution is 7.22. The van der Waals surface area contributed by atoms with Crippen molar-refractivity contribution in [2.75, 3.05) is 33.4 Å². The van der Waals surface area contributed by atoms with Crippen molar-refractivity contribution < 1.29 is 18.7 Å². The van der Waals surface area contributed by atoms with Gasteiger partial charge in [0.25, 0.3) is 0 Å². The molecule has 35 heavy (non-hydrogen) atoms. The van der Waals surface area contributed by atoms with Crippen molar-refractivity contribution >= 4 is 27.2 Å². The minimum absolute atomic E-state index is 0.0893. The zero-order valence-corrected chi connectivity index (χ0v) is 20.6. The molecule has 0 N–H and O–H groups in total. The van der Waals surface area contributed by atoms with Gasteiger partial charge >= 0.3 is 0 Å². The molecule has 4 aromatic rings. The predicted octanol–water partition coefficient (Wildman–Crippen LogP) is 6.81. The molecule has 1 aromatic heterocycles. The molecular formula is C29H28FNO3S.